The van der Waals surface area contributed by atoms with Gasteiger partial charge in [-0.2, -0.15) is 0 Å². The lowest BCUT2D eigenvalue weighted by Gasteiger charge is -2.27. The zero-order valence-corrected chi connectivity index (χ0v) is 39.5. The number of alkyl carbamates (subject to hydrolysis) is 1. The molecule has 1 aromatic rings. The van der Waals surface area contributed by atoms with Crippen LogP contribution in [0.2, 0.25) is 0 Å². The monoisotopic (exact) mass is 918 g/mol. The van der Waals surface area contributed by atoms with Gasteiger partial charge in [-0.15, -0.1) is 0 Å². The number of nitrogens with zero attached hydrogens (tertiary/aromatic N) is 4. The van der Waals surface area contributed by atoms with Crippen molar-refractivity contribution >= 4 is 59.3 Å². The summed E-state index contributed by atoms with van der Waals surface area (Å²) >= 11 is 0. The largest absolute Gasteiger partial charge is 0.465 e. The second-order valence-electron chi connectivity index (χ2n) is 17.0. The van der Waals surface area contributed by atoms with Gasteiger partial charge in [0.05, 0.1) is 52.4 Å². The van der Waals surface area contributed by atoms with E-state index in [0.29, 0.717) is 0 Å². The Morgan fingerprint density at radius 2 is 0.754 bits per heavy atom. The van der Waals surface area contributed by atoms with Crippen molar-refractivity contribution in [1.82, 2.24) is 46.2 Å². The van der Waals surface area contributed by atoms with E-state index in [1.54, 1.807) is 31.2 Å². The average Bonchev–Trinajstić information content (AvgIpc) is 3.23. The Hall–Kier alpha value is -6.28. The number of hydrogen-bond donors (Lipinski definition) is 5. The molecule has 5 N–H and O–H groups in total. The molecule has 0 aliphatic heterocycles. The average molecular weight is 918 g/mol. The highest BCUT2D eigenvalue weighted by atomic mass is 16.5. The summed E-state index contributed by atoms with van der Waals surface area (Å²) < 4.78 is 9.94. The van der Waals surface area contributed by atoms with Gasteiger partial charge in [-0.25, -0.2) is 4.79 Å². The van der Waals surface area contributed by atoms with Crippen LogP contribution in [0.1, 0.15) is 67.9 Å². The van der Waals surface area contributed by atoms with Crippen molar-refractivity contribution in [3.63, 3.8) is 0 Å². The molecule has 21 heteroatoms. The van der Waals surface area contributed by atoms with Gasteiger partial charge >= 0.3 is 12.1 Å². The predicted octanol–water partition coefficient (Wildman–Crippen LogP) is -0.121. The zero-order valence-electron chi connectivity index (χ0n) is 39.5. The van der Waals surface area contributed by atoms with Crippen LogP contribution in [0.15, 0.2) is 30.3 Å². The molecule has 0 aromatic heterocycles. The second-order valence-corrected chi connectivity index (χ2v) is 17.0. The van der Waals surface area contributed by atoms with Crippen LogP contribution in [0.4, 0.5) is 4.79 Å². The second kappa shape index (κ2) is 30.7. The summed E-state index contributed by atoms with van der Waals surface area (Å²) in [5.74, 6) is -5.64. The third-order valence-electron chi connectivity index (χ3n) is 8.73. The van der Waals surface area contributed by atoms with E-state index < -0.39 is 105 Å². The van der Waals surface area contributed by atoms with Gasteiger partial charge < -0.3 is 55.7 Å². The van der Waals surface area contributed by atoms with E-state index in [2.05, 4.69) is 26.6 Å². The molecule has 0 fully saturated rings. The smallest absolute Gasteiger partial charge is 0.407 e. The number of carbonyl (C=O) groups is 10. The Morgan fingerprint density at radius 1 is 0.446 bits per heavy atom. The quantitative estimate of drug-likeness (QED) is 0.0660. The van der Waals surface area contributed by atoms with Crippen LogP contribution < -0.4 is 26.6 Å². The minimum Gasteiger partial charge on any atom is -0.465 e. The molecule has 0 atom stereocenters. The van der Waals surface area contributed by atoms with Crippen LogP contribution in [0.25, 0.3) is 0 Å². The molecule has 0 unspecified atom stereocenters. The number of ether oxygens (including phenoxy) is 2. The van der Waals surface area contributed by atoms with Crippen LogP contribution in [0.3, 0.4) is 0 Å². The lowest BCUT2D eigenvalue weighted by Crippen LogP contribution is -2.51. The van der Waals surface area contributed by atoms with Crippen molar-refractivity contribution in [2.75, 3.05) is 91.7 Å². The fourth-order valence-corrected chi connectivity index (χ4v) is 5.97. The maximum Gasteiger partial charge on any atom is 0.407 e. The molecule has 0 spiro atoms. The highest BCUT2D eigenvalue weighted by Gasteiger charge is 2.25. The number of esters is 1. The van der Waals surface area contributed by atoms with Crippen molar-refractivity contribution < 1.29 is 57.4 Å². The molecule has 0 radical (unpaired) electrons. The minimum atomic E-state index is -0.803. The van der Waals surface area contributed by atoms with Gasteiger partial charge in [0.15, 0.2) is 0 Å². The molecule has 21 nitrogen and oxygen atoms in total. The molecule has 0 aliphatic rings. The lowest BCUT2D eigenvalue weighted by molar-refractivity contribution is -0.144. The number of amides is 9. The van der Waals surface area contributed by atoms with Gasteiger partial charge in [0.25, 0.3) is 0 Å². The molecule has 0 saturated heterocycles. The summed E-state index contributed by atoms with van der Waals surface area (Å²) in [6.07, 6.45) is -0.803. The Kier molecular flexibility index (Phi) is 26.8. The number of nitrogens with one attached hydrogen (secondary N) is 5. The van der Waals surface area contributed by atoms with E-state index in [1.807, 2.05) is 61.5 Å². The molecule has 9 amide bonds. The third kappa shape index (κ3) is 26.2. The Morgan fingerprint density at radius 3 is 1.06 bits per heavy atom. The number of carbonyl (C=O) groups excluding carboxylic acids is 10. The van der Waals surface area contributed by atoms with Gasteiger partial charge in [0, 0.05) is 26.2 Å². The highest BCUT2D eigenvalue weighted by Crippen LogP contribution is 2.05. The van der Waals surface area contributed by atoms with Gasteiger partial charge in [-0.3, -0.25) is 43.2 Å². The summed E-state index contributed by atoms with van der Waals surface area (Å²) in [4.78, 5) is 133. The first kappa shape index (κ1) is 56.7. The van der Waals surface area contributed by atoms with E-state index in [0.717, 1.165) is 5.56 Å². The van der Waals surface area contributed by atoms with E-state index in [-0.39, 0.29) is 76.2 Å². The number of benzene rings is 1. The van der Waals surface area contributed by atoms with Crippen LogP contribution in [-0.2, 0) is 59.2 Å². The van der Waals surface area contributed by atoms with E-state index >= 15 is 0 Å². The summed E-state index contributed by atoms with van der Waals surface area (Å²) in [7, 11) is 0. The van der Waals surface area contributed by atoms with Crippen molar-refractivity contribution in [2.45, 2.75) is 68.9 Å². The molecular weight excluding hydrogens is 847 g/mol. The maximum atomic E-state index is 13.3. The number of rotatable bonds is 29. The van der Waals surface area contributed by atoms with Gasteiger partial charge in [-0.05, 0) is 36.2 Å². The summed E-state index contributed by atoms with van der Waals surface area (Å²) in [5, 5.41) is 12.3. The molecule has 0 aliphatic carbocycles. The van der Waals surface area contributed by atoms with Crippen LogP contribution >= 0.6 is 0 Å². The van der Waals surface area contributed by atoms with Crippen molar-refractivity contribution in [2.24, 2.45) is 23.7 Å². The summed E-state index contributed by atoms with van der Waals surface area (Å²) in [6, 6.07) is 8.99. The molecule has 0 heterocycles. The van der Waals surface area contributed by atoms with Gasteiger partial charge in [-0.1, -0.05) is 85.7 Å². The molecule has 1 aromatic carbocycles. The first-order valence-electron chi connectivity index (χ1n) is 21.9. The third-order valence-corrected chi connectivity index (χ3v) is 8.73. The molecule has 0 bridgehead atoms. The van der Waals surface area contributed by atoms with Gasteiger partial charge in [0.1, 0.15) is 19.7 Å². The molecular formula is C44H71N9O12. The molecule has 65 heavy (non-hydrogen) atoms. The molecule has 1 rings (SSSR count). The van der Waals surface area contributed by atoms with E-state index in [9.17, 15) is 47.9 Å². The van der Waals surface area contributed by atoms with E-state index in [1.165, 1.54) is 19.6 Å². The normalized spacial score (nSPS) is 10.8. The topological polar surface area (TPSA) is 262 Å². The van der Waals surface area contributed by atoms with Crippen LogP contribution in [0.5, 0.6) is 0 Å². The highest BCUT2D eigenvalue weighted by molar-refractivity contribution is 5.93. The first-order valence-corrected chi connectivity index (χ1v) is 21.9. The first-order chi connectivity index (χ1) is 30.6. The fourth-order valence-electron chi connectivity index (χ4n) is 5.97. The molecule has 0 saturated carbocycles. The van der Waals surface area contributed by atoms with Crippen molar-refractivity contribution in [3.05, 3.63) is 35.9 Å². The fraction of sp³-hybridized carbons (Fsp3) is 0.636. The van der Waals surface area contributed by atoms with Crippen LogP contribution in [-0.4, -0.2) is 171 Å². The Balaban J connectivity index is 2.77. The maximum absolute atomic E-state index is 13.3. The van der Waals surface area contributed by atoms with E-state index in [4.69, 9.17) is 9.47 Å². The SMILES string of the molecule is CCOC(=O)CNC(=O)CN(CC(C)C)C(=O)CNC(=O)CN(CC(C)C)C(=O)CNC(=O)CN(CC(C)C)C(=O)CNC(=O)CN(CC(C)C)C(=O)CNC(=O)OCc1ccccc1. The summed E-state index contributed by atoms with van der Waals surface area (Å²) in [6.45, 7) is 13.3. The Labute approximate surface area is 382 Å². The van der Waals surface area contributed by atoms with Gasteiger partial charge in [0.2, 0.25) is 47.3 Å². The summed E-state index contributed by atoms with van der Waals surface area (Å²) in [5.41, 5.74) is 0.767. The van der Waals surface area contributed by atoms with Crippen molar-refractivity contribution in [1.29, 1.82) is 0 Å². The Bertz CT molecular complexity index is 1740. The zero-order chi connectivity index (χ0) is 49.1. The molecule has 364 valence electrons. The van der Waals surface area contributed by atoms with Crippen molar-refractivity contribution in [3.8, 4) is 0 Å². The minimum absolute atomic E-state index is 0.0114. The lowest BCUT2D eigenvalue weighted by atomic mass is 10.2. The standard InChI is InChI=1S/C44H71N9O12/c1-10-64-43(62)20-48-38(57)28-52(23-32(6)7)41(60)18-46-36(55)26-50(21-30(2)3)39(58)16-45-35(54)25-51(22-31(4)5)40(59)17-47-37(56)27-53(24-33(8)9)42(61)19-49-44(63)65-29-34-14-12-11-13-15-34/h11-15,30-33H,10,16-29H2,1-9H3,(H,45,54)(H,46,55)(H,47,56)(H,48,57)(H,49,63). The van der Waals surface area contributed by atoms with Crippen LogP contribution in [0, 0.1) is 23.7 Å². The predicted molar refractivity (Wildman–Crippen MR) is 239 cm³/mol. The number of hydrogen-bond acceptors (Lipinski definition) is 12.